The number of hydrogen-bond donors (Lipinski definition) is 3. The van der Waals surface area contributed by atoms with Crippen molar-refractivity contribution in [2.45, 2.75) is 50.5 Å². The summed E-state index contributed by atoms with van der Waals surface area (Å²) in [6.45, 7) is 0. The first kappa shape index (κ1) is 15.7. The standard InChI is InChI=1S/C23H25N3O/c24-22(26-23-10-13-6-14(11-23)8-15(7-13)12-23)25-19-5-4-16-2-1-3-17-20(27)9-18(19)21(16)17/h1-5,13-15H,6-12H2,(H3,24,25,26). The van der Waals surface area contributed by atoms with Crippen LogP contribution in [0, 0.1) is 23.2 Å². The zero-order valence-electron chi connectivity index (χ0n) is 15.5. The Kier molecular flexibility index (Phi) is 3.10. The predicted octanol–water partition coefficient (Wildman–Crippen LogP) is 4.48. The lowest BCUT2D eigenvalue weighted by molar-refractivity contribution is -0.0101. The molecule has 4 bridgehead atoms. The number of carbonyl (C=O) groups is 1. The van der Waals surface area contributed by atoms with Crippen LogP contribution in [0.5, 0.6) is 0 Å². The van der Waals surface area contributed by atoms with Crippen LogP contribution in [0.25, 0.3) is 10.8 Å². The van der Waals surface area contributed by atoms with Gasteiger partial charge in [0, 0.05) is 23.2 Å². The fourth-order valence-corrected chi connectivity index (χ4v) is 6.94. The zero-order valence-corrected chi connectivity index (χ0v) is 15.5. The van der Waals surface area contributed by atoms with Crippen LogP contribution in [0.2, 0.25) is 0 Å². The highest BCUT2D eigenvalue weighted by Gasteiger charge is 2.51. The van der Waals surface area contributed by atoms with E-state index in [1.54, 1.807) is 0 Å². The highest BCUT2D eigenvalue weighted by molar-refractivity contribution is 6.17. The quantitative estimate of drug-likeness (QED) is 0.547. The van der Waals surface area contributed by atoms with Gasteiger partial charge in [-0.15, -0.1) is 0 Å². The first-order chi connectivity index (χ1) is 13.1. The first-order valence-corrected chi connectivity index (χ1v) is 10.3. The normalized spacial score (nSPS) is 32.9. The molecule has 5 aliphatic carbocycles. The second-order valence-electron chi connectivity index (χ2n) is 9.42. The van der Waals surface area contributed by atoms with E-state index in [1.165, 1.54) is 38.5 Å². The molecule has 7 rings (SSSR count). The molecule has 5 aliphatic rings. The Bertz CT molecular complexity index is 957. The van der Waals surface area contributed by atoms with E-state index in [1.807, 2.05) is 18.2 Å². The van der Waals surface area contributed by atoms with Crippen LogP contribution in [0.3, 0.4) is 0 Å². The monoisotopic (exact) mass is 359 g/mol. The average molecular weight is 359 g/mol. The smallest absolute Gasteiger partial charge is 0.193 e. The van der Waals surface area contributed by atoms with Crippen LogP contribution < -0.4 is 10.6 Å². The molecule has 0 spiro atoms. The summed E-state index contributed by atoms with van der Waals surface area (Å²) in [5.41, 5.74) is 2.90. The molecule has 138 valence electrons. The third kappa shape index (κ3) is 2.35. The molecule has 0 radical (unpaired) electrons. The minimum absolute atomic E-state index is 0.122. The SMILES string of the molecule is N=C(Nc1ccc2cccc3c2c1CC3=O)NC12CC3CC(CC(C3)C1)C2. The second kappa shape index (κ2) is 5.34. The lowest BCUT2D eigenvalue weighted by Crippen LogP contribution is -2.60. The molecular formula is C23H25N3O. The van der Waals surface area contributed by atoms with Gasteiger partial charge in [-0.1, -0.05) is 24.3 Å². The van der Waals surface area contributed by atoms with Crippen molar-refractivity contribution in [1.29, 1.82) is 5.41 Å². The molecule has 0 aromatic heterocycles. The zero-order chi connectivity index (χ0) is 18.2. The van der Waals surface area contributed by atoms with Gasteiger partial charge in [0.2, 0.25) is 0 Å². The molecule has 0 heterocycles. The minimum Gasteiger partial charge on any atom is -0.351 e. The summed E-state index contributed by atoms with van der Waals surface area (Å²) in [7, 11) is 0. The van der Waals surface area contributed by atoms with E-state index in [2.05, 4.69) is 22.8 Å². The summed E-state index contributed by atoms with van der Waals surface area (Å²) in [5, 5.41) is 17.7. The molecule has 4 heteroatoms. The van der Waals surface area contributed by atoms with Crippen LogP contribution in [0.4, 0.5) is 5.69 Å². The molecule has 27 heavy (non-hydrogen) atoms. The van der Waals surface area contributed by atoms with Crippen molar-refractivity contribution >= 4 is 28.2 Å². The van der Waals surface area contributed by atoms with Crippen molar-refractivity contribution in [2.75, 3.05) is 5.32 Å². The van der Waals surface area contributed by atoms with Gasteiger partial charge in [0.25, 0.3) is 0 Å². The van der Waals surface area contributed by atoms with Crippen LogP contribution >= 0.6 is 0 Å². The van der Waals surface area contributed by atoms with Crippen molar-refractivity contribution in [3.8, 4) is 0 Å². The van der Waals surface area contributed by atoms with Crippen molar-refractivity contribution in [2.24, 2.45) is 17.8 Å². The Labute approximate surface area is 159 Å². The van der Waals surface area contributed by atoms with E-state index < -0.39 is 0 Å². The summed E-state index contributed by atoms with van der Waals surface area (Å²) in [6, 6.07) is 10.0. The van der Waals surface area contributed by atoms with Crippen LogP contribution in [0.15, 0.2) is 30.3 Å². The van der Waals surface area contributed by atoms with Gasteiger partial charge in [-0.25, -0.2) is 0 Å². The first-order valence-electron chi connectivity index (χ1n) is 10.3. The molecule has 2 aromatic carbocycles. The topological polar surface area (TPSA) is 65.0 Å². The van der Waals surface area contributed by atoms with E-state index in [0.717, 1.165) is 45.3 Å². The van der Waals surface area contributed by atoms with E-state index in [4.69, 9.17) is 5.41 Å². The van der Waals surface area contributed by atoms with Gasteiger partial charge in [-0.05, 0) is 78.7 Å². The largest absolute Gasteiger partial charge is 0.351 e. The number of guanidine groups is 1. The number of rotatable bonds is 2. The number of nitrogens with one attached hydrogen (secondary N) is 3. The van der Waals surface area contributed by atoms with Crippen LogP contribution in [0.1, 0.15) is 54.4 Å². The van der Waals surface area contributed by atoms with Gasteiger partial charge in [0.1, 0.15) is 0 Å². The van der Waals surface area contributed by atoms with E-state index >= 15 is 0 Å². The number of carbonyl (C=O) groups excluding carboxylic acids is 1. The molecule has 0 amide bonds. The molecule has 0 aliphatic heterocycles. The average Bonchev–Trinajstić information content (AvgIpc) is 2.94. The summed E-state index contributed by atoms with van der Waals surface area (Å²) < 4.78 is 0. The molecule has 0 atom stereocenters. The van der Waals surface area contributed by atoms with Crippen LogP contribution in [-0.2, 0) is 6.42 Å². The van der Waals surface area contributed by atoms with E-state index in [0.29, 0.717) is 12.4 Å². The molecule has 0 unspecified atom stereocenters. The fraction of sp³-hybridized carbons (Fsp3) is 0.478. The van der Waals surface area contributed by atoms with Gasteiger partial charge < -0.3 is 10.6 Å². The molecular weight excluding hydrogens is 334 g/mol. The highest BCUT2D eigenvalue weighted by Crippen LogP contribution is 2.55. The maximum absolute atomic E-state index is 12.4. The van der Waals surface area contributed by atoms with Crippen LogP contribution in [-0.4, -0.2) is 17.3 Å². The maximum atomic E-state index is 12.4. The lowest BCUT2D eigenvalue weighted by Gasteiger charge is -2.57. The third-order valence-corrected chi connectivity index (χ3v) is 7.48. The Morgan fingerprint density at radius 1 is 1.00 bits per heavy atom. The Morgan fingerprint density at radius 2 is 1.70 bits per heavy atom. The number of Topliss-reactive ketones (excluding diaryl/α,β-unsaturated/α-hetero) is 1. The van der Waals surface area contributed by atoms with Gasteiger partial charge in [0.05, 0.1) is 0 Å². The van der Waals surface area contributed by atoms with Crippen molar-refractivity contribution in [3.63, 3.8) is 0 Å². The van der Waals surface area contributed by atoms with Crippen molar-refractivity contribution < 1.29 is 4.79 Å². The van der Waals surface area contributed by atoms with Crippen molar-refractivity contribution in [1.82, 2.24) is 5.32 Å². The molecule has 4 saturated carbocycles. The number of benzene rings is 2. The fourth-order valence-electron chi connectivity index (χ4n) is 6.94. The molecule has 2 aromatic rings. The lowest BCUT2D eigenvalue weighted by atomic mass is 9.53. The van der Waals surface area contributed by atoms with Gasteiger partial charge in [-0.2, -0.15) is 0 Å². The molecule has 4 nitrogen and oxygen atoms in total. The Hall–Kier alpha value is -2.36. The highest BCUT2D eigenvalue weighted by atomic mass is 16.1. The summed E-state index contributed by atoms with van der Waals surface area (Å²) in [5.74, 6) is 3.15. The van der Waals surface area contributed by atoms with Gasteiger partial charge >= 0.3 is 0 Å². The molecule has 3 N–H and O–H groups in total. The number of ketones is 1. The summed E-state index contributed by atoms with van der Waals surface area (Å²) >= 11 is 0. The predicted molar refractivity (Wildman–Crippen MR) is 107 cm³/mol. The van der Waals surface area contributed by atoms with Gasteiger partial charge in [0.15, 0.2) is 11.7 Å². The van der Waals surface area contributed by atoms with Crippen molar-refractivity contribution in [3.05, 3.63) is 41.5 Å². The second-order valence-corrected chi connectivity index (χ2v) is 9.42. The molecule has 0 saturated heterocycles. The van der Waals surface area contributed by atoms with E-state index in [9.17, 15) is 4.79 Å². The summed E-state index contributed by atoms with van der Waals surface area (Å²) in [4.78, 5) is 12.4. The summed E-state index contributed by atoms with van der Waals surface area (Å²) in [6.07, 6.45) is 8.30. The van der Waals surface area contributed by atoms with E-state index in [-0.39, 0.29) is 11.3 Å². The Morgan fingerprint density at radius 3 is 2.41 bits per heavy atom. The minimum atomic E-state index is 0.122. The molecule has 4 fully saturated rings. The number of anilines is 1. The third-order valence-electron chi connectivity index (χ3n) is 7.48. The van der Waals surface area contributed by atoms with Gasteiger partial charge in [-0.3, -0.25) is 10.2 Å². The number of hydrogen-bond acceptors (Lipinski definition) is 2. The maximum Gasteiger partial charge on any atom is 0.193 e. The Balaban J connectivity index is 1.27.